The maximum atomic E-state index is 13.6. The van der Waals surface area contributed by atoms with Crippen molar-refractivity contribution in [2.24, 2.45) is 0 Å². The smallest absolute Gasteiger partial charge is 0.254 e. The first-order chi connectivity index (χ1) is 10.6. The predicted molar refractivity (Wildman–Crippen MR) is 82.2 cm³/mol. The Balaban J connectivity index is 1.67. The second-order valence-corrected chi connectivity index (χ2v) is 5.83. The normalized spacial score (nSPS) is 20.3. The molecule has 1 amide bonds. The topological polar surface area (TPSA) is 49.3 Å². The minimum atomic E-state index is -0.977. The molecule has 0 fully saturated rings. The second kappa shape index (κ2) is 5.89. The van der Waals surface area contributed by atoms with E-state index in [1.165, 1.54) is 23.8 Å². The van der Waals surface area contributed by atoms with Crippen LogP contribution in [0.15, 0.2) is 48.5 Å². The second-order valence-electron chi connectivity index (χ2n) is 5.83. The number of benzene rings is 2. The van der Waals surface area contributed by atoms with Crippen LogP contribution in [0.2, 0.25) is 0 Å². The average molecular weight is 299 g/mol. The highest BCUT2D eigenvalue weighted by Gasteiger charge is 2.32. The maximum absolute atomic E-state index is 13.6. The molecule has 4 heteroatoms. The van der Waals surface area contributed by atoms with Crippen molar-refractivity contribution in [1.29, 1.82) is 0 Å². The number of rotatable bonds is 3. The lowest BCUT2D eigenvalue weighted by atomic mass is 9.80. The van der Waals surface area contributed by atoms with Gasteiger partial charge in [0.05, 0.1) is 11.2 Å². The minimum Gasteiger partial charge on any atom is -0.388 e. The molecule has 1 atom stereocenters. The fourth-order valence-electron chi connectivity index (χ4n) is 2.92. The van der Waals surface area contributed by atoms with Gasteiger partial charge in [-0.2, -0.15) is 0 Å². The highest BCUT2D eigenvalue weighted by molar-refractivity contribution is 5.94. The number of hydrogen-bond donors (Lipinski definition) is 2. The molecular weight excluding hydrogens is 281 g/mol. The molecular formula is C18H18FNO2. The number of carbonyl (C=O) groups is 1. The predicted octanol–water partition coefficient (Wildman–Crippen LogP) is 2.48. The Morgan fingerprint density at radius 1 is 1.14 bits per heavy atom. The van der Waals surface area contributed by atoms with Crippen molar-refractivity contribution in [2.45, 2.75) is 24.9 Å². The van der Waals surface area contributed by atoms with E-state index in [4.69, 9.17) is 0 Å². The fourth-order valence-corrected chi connectivity index (χ4v) is 2.92. The zero-order valence-electron chi connectivity index (χ0n) is 12.2. The first kappa shape index (κ1) is 14.7. The lowest BCUT2D eigenvalue weighted by Gasteiger charge is -2.33. The lowest BCUT2D eigenvalue weighted by molar-refractivity contribution is 0.0259. The van der Waals surface area contributed by atoms with Gasteiger partial charge in [-0.05, 0) is 36.1 Å². The number of nitrogens with one attached hydrogen (secondary N) is 1. The molecule has 0 saturated carbocycles. The van der Waals surface area contributed by atoms with Gasteiger partial charge in [-0.15, -0.1) is 0 Å². The van der Waals surface area contributed by atoms with E-state index >= 15 is 0 Å². The Labute approximate surface area is 128 Å². The molecule has 114 valence electrons. The lowest BCUT2D eigenvalue weighted by Crippen LogP contribution is -2.46. The summed E-state index contributed by atoms with van der Waals surface area (Å²) < 4.78 is 13.6. The Morgan fingerprint density at radius 2 is 1.82 bits per heavy atom. The van der Waals surface area contributed by atoms with Crippen molar-refractivity contribution >= 4 is 5.91 Å². The van der Waals surface area contributed by atoms with Crippen LogP contribution < -0.4 is 5.32 Å². The molecule has 0 saturated heterocycles. The summed E-state index contributed by atoms with van der Waals surface area (Å²) in [6.07, 6.45) is 1.87. The van der Waals surface area contributed by atoms with Gasteiger partial charge in [-0.3, -0.25) is 4.79 Å². The van der Waals surface area contributed by atoms with Gasteiger partial charge in [0.2, 0.25) is 0 Å². The Morgan fingerprint density at radius 3 is 2.59 bits per heavy atom. The maximum Gasteiger partial charge on any atom is 0.254 e. The Kier molecular flexibility index (Phi) is 3.94. The minimum absolute atomic E-state index is 0.00214. The number of aliphatic hydroxyl groups is 1. The molecule has 0 bridgehead atoms. The number of carbonyl (C=O) groups excluding carboxylic acids is 1. The summed E-state index contributed by atoms with van der Waals surface area (Å²) in [6.45, 7) is 0.120. The van der Waals surface area contributed by atoms with Crippen LogP contribution in [0.4, 0.5) is 4.39 Å². The molecule has 1 unspecified atom stereocenters. The molecule has 2 N–H and O–H groups in total. The summed E-state index contributed by atoms with van der Waals surface area (Å²) in [7, 11) is 0. The van der Waals surface area contributed by atoms with Crippen LogP contribution >= 0.6 is 0 Å². The van der Waals surface area contributed by atoms with Crippen molar-refractivity contribution in [1.82, 2.24) is 5.32 Å². The highest BCUT2D eigenvalue weighted by atomic mass is 19.1. The molecule has 1 aliphatic rings. The number of hydrogen-bond acceptors (Lipinski definition) is 2. The molecule has 2 aromatic rings. The molecule has 1 aliphatic carbocycles. The van der Waals surface area contributed by atoms with E-state index < -0.39 is 17.3 Å². The fraction of sp³-hybridized carbons (Fsp3) is 0.278. The van der Waals surface area contributed by atoms with Crippen molar-refractivity contribution in [3.05, 3.63) is 71.0 Å². The van der Waals surface area contributed by atoms with Crippen LogP contribution in [0.1, 0.15) is 27.9 Å². The van der Waals surface area contributed by atoms with Crippen LogP contribution in [0.3, 0.4) is 0 Å². The van der Waals surface area contributed by atoms with E-state index in [-0.39, 0.29) is 12.1 Å². The summed E-state index contributed by atoms with van der Waals surface area (Å²) in [6, 6.07) is 13.8. The van der Waals surface area contributed by atoms with Crippen LogP contribution in [0.5, 0.6) is 0 Å². The largest absolute Gasteiger partial charge is 0.388 e. The number of amides is 1. The number of aryl methyl sites for hydroxylation is 1. The first-order valence-corrected chi connectivity index (χ1v) is 7.39. The van der Waals surface area contributed by atoms with Gasteiger partial charge in [0, 0.05) is 13.0 Å². The van der Waals surface area contributed by atoms with Gasteiger partial charge in [-0.25, -0.2) is 4.39 Å². The quantitative estimate of drug-likeness (QED) is 0.915. The van der Waals surface area contributed by atoms with Gasteiger partial charge < -0.3 is 10.4 Å². The van der Waals surface area contributed by atoms with Gasteiger partial charge in [0.15, 0.2) is 0 Å². The summed E-state index contributed by atoms with van der Waals surface area (Å²) in [5.74, 6) is -1.05. The van der Waals surface area contributed by atoms with Gasteiger partial charge in [0.25, 0.3) is 5.91 Å². The van der Waals surface area contributed by atoms with Crippen LogP contribution in [-0.4, -0.2) is 23.2 Å². The van der Waals surface area contributed by atoms with Crippen molar-refractivity contribution in [2.75, 3.05) is 6.54 Å². The molecule has 0 spiro atoms. The van der Waals surface area contributed by atoms with Gasteiger partial charge in [-0.1, -0.05) is 36.4 Å². The molecule has 22 heavy (non-hydrogen) atoms. The summed E-state index contributed by atoms with van der Waals surface area (Å²) in [4.78, 5) is 12.0. The average Bonchev–Trinajstić information content (AvgIpc) is 2.53. The molecule has 3 nitrogen and oxygen atoms in total. The van der Waals surface area contributed by atoms with Gasteiger partial charge >= 0.3 is 0 Å². The van der Waals surface area contributed by atoms with Crippen molar-refractivity contribution in [3.63, 3.8) is 0 Å². The van der Waals surface area contributed by atoms with E-state index in [0.717, 1.165) is 12.0 Å². The Bertz CT molecular complexity index is 701. The third kappa shape index (κ3) is 3.02. The van der Waals surface area contributed by atoms with E-state index in [2.05, 4.69) is 11.4 Å². The molecule has 2 aromatic carbocycles. The first-order valence-electron chi connectivity index (χ1n) is 7.39. The third-order valence-corrected chi connectivity index (χ3v) is 4.19. The zero-order valence-corrected chi connectivity index (χ0v) is 12.2. The van der Waals surface area contributed by atoms with Crippen LogP contribution in [-0.2, 0) is 12.8 Å². The van der Waals surface area contributed by atoms with Crippen molar-refractivity contribution in [3.8, 4) is 0 Å². The standard InChI is InChI=1S/C18H18FNO2/c19-16-8-4-3-7-15(16)17(21)20-12-18(22)10-9-13-5-1-2-6-14(13)11-18/h1-8,22H,9-12H2,(H,20,21). The van der Waals surface area contributed by atoms with Gasteiger partial charge in [0.1, 0.15) is 5.82 Å². The van der Waals surface area contributed by atoms with E-state index in [1.807, 2.05) is 18.2 Å². The monoisotopic (exact) mass is 299 g/mol. The van der Waals surface area contributed by atoms with Crippen LogP contribution in [0, 0.1) is 5.82 Å². The number of fused-ring (bicyclic) bond motifs is 1. The molecule has 0 radical (unpaired) electrons. The molecule has 0 heterocycles. The molecule has 3 rings (SSSR count). The zero-order chi connectivity index (χ0) is 15.6. The van der Waals surface area contributed by atoms with E-state index in [1.54, 1.807) is 6.07 Å². The number of halogens is 1. The summed E-state index contributed by atoms with van der Waals surface area (Å²) in [5.41, 5.74) is 1.38. The molecule has 0 aromatic heterocycles. The summed E-state index contributed by atoms with van der Waals surface area (Å²) >= 11 is 0. The van der Waals surface area contributed by atoms with Crippen molar-refractivity contribution < 1.29 is 14.3 Å². The highest BCUT2D eigenvalue weighted by Crippen LogP contribution is 2.28. The SMILES string of the molecule is O=C(NCC1(O)CCc2ccccc2C1)c1ccccc1F. The third-order valence-electron chi connectivity index (χ3n) is 4.19. The molecule has 0 aliphatic heterocycles. The summed E-state index contributed by atoms with van der Waals surface area (Å²) in [5, 5.41) is 13.3. The van der Waals surface area contributed by atoms with E-state index in [9.17, 15) is 14.3 Å². The van der Waals surface area contributed by atoms with Crippen LogP contribution in [0.25, 0.3) is 0 Å². The Hall–Kier alpha value is -2.20. The van der Waals surface area contributed by atoms with E-state index in [0.29, 0.717) is 12.8 Å².